The summed E-state index contributed by atoms with van der Waals surface area (Å²) in [7, 11) is 0. The van der Waals surface area contributed by atoms with E-state index < -0.39 is 18.2 Å². The van der Waals surface area contributed by atoms with Crippen molar-refractivity contribution in [3.63, 3.8) is 0 Å². The van der Waals surface area contributed by atoms with Gasteiger partial charge in [-0.25, -0.2) is 9.78 Å². The third-order valence-electron chi connectivity index (χ3n) is 6.10. The normalized spacial score (nSPS) is 16.9. The maximum Gasteiger partial charge on any atom is 0.413 e. The molecule has 0 spiro atoms. The minimum atomic E-state index is -0.979. The highest BCUT2D eigenvalue weighted by Crippen LogP contribution is 2.44. The molecule has 1 fully saturated rings. The molecule has 9 nitrogen and oxygen atoms in total. The average molecular weight is 494 g/mol. The summed E-state index contributed by atoms with van der Waals surface area (Å²) in [6.07, 6.45) is -1.37. The molecule has 0 saturated carbocycles. The Kier molecular flexibility index (Phi) is 6.47. The summed E-state index contributed by atoms with van der Waals surface area (Å²) in [5.74, 6) is -1.37. The predicted octanol–water partition coefficient (Wildman–Crippen LogP) is 3.82. The minimum absolute atomic E-state index is 0.0540. The van der Waals surface area contributed by atoms with Crippen molar-refractivity contribution in [1.82, 2.24) is 9.88 Å². The summed E-state index contributed by atoms with van der Waals surface area (Å²) in [6, 6.07) is 16.2. The first-order valence-corrected chi connectivity index (χ1v) is 12.1. The fraction of sp³-hybridized carbons (Fsp3) is 0.280. The van der Waals surface area contributed by atoms with E-state index in [1.807, 2.05) is 36.4 Å². The zero-order valence-electron chi connectivity index (χ0n) is 18.7. The fourth-order valence-electron chi connectivity index (χ4n) is 4.54. The molecule has 0 radical (unpaired) electrons. The number of nitrogens with one attached hydrogen (secondary N) is 1. The first-order chi connectivity index (χ1) is 17.0. The Morgan fingerprint density at radius 3 is 2.49 bits per heavy atom. The number of aromatic nitrogens is 1. The molecule has 2 aromatic carbocycles. The number of benzene rings is 2. The van der Waals surface area contributed by atoms with E-state index in [0.29, 0.717) is 6.54 Å². The number of morpholine rings is 1. The Hall–Kier alpha value is -3.76. The predicted molar refractivity (Wildman–Crippen MR) is 129 cm³/mol. The van der Waals surface area contributed by atoms with Crippen LogP contribution in [0.3, 0.4) is 0 Å². The third kappa shape index (κ3) is 4.89. The van der Waals surface area contributed by atoms with Gasteiger partial charge in [-0.15, -0.1) is 11.3 Å². The first-order valence-electron chi connectivity index (χ1n) is 11.2. The zero-order valence-corrected chi connectivity index (χ0v) is 19.5. The van der Waals surface area contributed by atoms with Crippen LogP contribution < -0.4 is 5.32 Å². The van der Waals surface area contributed by atoms with Gasteiger partial charge in [-0.3, -0.25) is 14.9 Å². The molecule has 2 N–H and O–H groups in total. The molecule has 1 aliphatic heterocycles. The van der Waals surface area contributed by atoms with E-state index in [0.717, 1.165) is 33.6 Å². The van der Waals surface area contributed by atoms with Crippen LogP contribution in [0.2, 0.25) is 0 Å². The van der Waals surface area contributed by atoms with Gasteiger partial charge in [0.05, 0.1) is 19.1 Å². The van der Waals surface area contributed by atoms with Crippen molar-refractivity contribution in [1.29, 1.82) is 0 Å². The molecule has 180 valence electrons. The van der Waals surface area contributed by atoms with Crippen molar-refractivity contribution in [2.24, 2.45) is 0 Å². The molecular formula is C25H23N3O6S. The summed E-state index contributed by atoms with van der Waals surface area (Å²) >= 11 is 1.12. The molecule has 2 amide bonds. The van der Waals surface area contributed by atoms with Crippen LogP contribution in [0.1, 0.15) is 34.0 Å². The molecule has 10 heteroatoms. The van der Waals surface area contributed by atoms with Crippen LogP contribution in [0, 0.1) is 0 Å². The summed E-state index contributed by atoms with van der Waals surface area (Å²) < 4.78 is 10.9. The lowest BCUT2D eigenvalue weighted by Crippen LogP contribution is -2.46. The van der Waals surface area contributed by atoms with Gasteiger partial charge < -0.3 is 19.5 Å². The zero-order chi connectivity index (χ0) is 24.4. The number of nitrogens with zero attached hydrogens (tertiary/aromatic N) is 2. The summed E-state index contributed by atoms with van der Waals surface area (Å²) in [5, 5.41) is 13.4. The maximum absolute atomic E-state index is 12.8. The quantitative estimate of drug-likeness (QED) is 0.536. The van der Waals surface area contributed by atoms with Gasteiger partial charge in [-0.2, -0.15) is 0 Å². The number of fused-ring (bicyclic) bond motifs is 3. The number of anilines is 1. The average Bonchev–Trinajstić information content (AvgIpc) is 3.45. The van der Waals surface area contributed by atoms with Crippen LogP contribution in [0.25, 0.3) is 11.1 Å². The summed E-state index contributed by atoms with van der Waals surface area (Å²) in [5.41, 5.74) is 4.72. The van der Waals surface area contributed by atoms with Gasteiger partial charge in [0.2, 0.25) is 0 Å². The third-order valence-corrected chi connectivity index (χ3v) is 6.86. The number of thiazole rings is 1. The summed E-state index contributed by atoms with van der Waals surface area (Å²) in [4.78, 5) is 41.9. The van der Waals surface area contributed by atoms with E-state index >= 15 is 0 Å². The van der Waals surface area contributed by atoms with Crippen LogP contribution in [0.4, 0.5) is 9.93 Å². The second-order valence-electron chi connectivity index (χ2n) is 8.33. The number of ether oxygens (including phenoxy) is 2. The van der Waals surface area contributed by atoms with Gasteiger partial charge in [0, 0.05) is 24.4 Å². The molecule has 1 aliphatic carbocycles. The van der Waals surface area contributed by atoms with Crippen LogP contribution in [-0.4, -0.2) is 65.4 Å². The Bertz CT molecular complexity index is 1230. The Morgan fingerprint density at radius 2 is 1.80 bits per heavy atom. The van der Waals surface area contributed by atoms with E-state index in [1.165, 1.54) is 4.90 Å². The van der Waals surface area contributed by atoms with Crippen molar-refractivity contribution >= 4 is 34.4 Å². The number of hydrogen-bond acceptors (Lipinski definition) is 7. The highest BCUT2D eigenvalue weighted by molar-refractivity contribution is 7.14. The van der Waals surface area contributed by atoms with Crippen LogP contribution in [0.5, 0.6) is 0 Å². The number of aliphatic carboxylic acids is 1. The van der Waals surface area contributed by atoms with E-state index in [1.54, 1.807) is 5.38 Å². The SMILES string of the molecule is O=C(O)CC1CN(C(=O)c2csc(NC(=O)OCC3c4ccccc4-c4ccccc43)n2)CCO1. The first kappa shape index (κ1) is 23.0. The number of carbonyl (C=O) groups is 3. The topological polar surface area (TPSA) is 118 Å². The largest absolute Gasteiger partial charge is 0.481 e. The molecule has 1 saturated heterocycles. The molecule has 5 rings (SSSR count). The Morgan fingerprint density at radius 1 is 1.11 bits per heavy atom. The lowest BCUT2D eigenvalue weighted by molar-refractivity contribution is -0.141. The van der Waals surface area contributed by atoms with Crippen molar-refractivity contribution in [2.45, 2.75) is 18.4 Å². The van der Waals surface area contributed by atoms with E-state index in [4.69, 9.17) is 14.6 Å². The van der Waals surface area contributed by atoms with Crippen molar-refractivity contribution in [3.8, 4) is 11.1 Å². The van der Waals surface area contributed by atoms with Crippen LogP contribution in [0.15, 0.2) is 53.9 Å². The Labute approximate surface area is 205 Å². The summed E-state index contributed by atoms with van der Waals surface area (Å²) in [6.45, 7) is 0.966. The number of carbonyl (C=O) groups excluding carboxylic acids is 2. The number of rotatable bonds is 6. The molecule has 3 aromatic rings. The van der Waals surface area contributed by atoms with Gasteiger partial charge in [-0.05, 0) is 22.3 Å². The van der Waals surface area contributed by atoms with E-state index in [2.05, 4.69) is 22.4 Å². The highest BCUT2D eigenvalue weighted by Gasteiger charge is 2.30. The van der Waals surface area contributed by atoms with Crippen molar-refractivity contribution in [2.75, 3.05) is 31.6 Å². The minimum Gasteiger partial charge on any atom is -0.481 e. The van der Waals surface area contributed by atoms with E-state index in [-0.39, 0.29) is 48.8 Å². The molecule has 0 bridgehead atoms. The second-order valence-corrected chi connectivity index (χ2v) is 9.19. The van der Waals surface area contributed by atoms with Crippen LogP contribution >= 0.6 is 11.3 Å². The molecule has 1 atom stereocenters. The Balaban J connectivity index is 1.19. The van der Waals surface area contributed by atoms with Gasteiger partial charge in [0.25, 0.3) is 5.91 Å². The molecule has 2 aliphatic rings. The molecular weight excluding hydrogens is 470 g/mol. The van der Waals surface area contributed by atoms with Crippen molar-refractivity contribution in [3.05, 3.63) is 70.7 Å². The van der Waals surface area contributed by atoms with E-state index in [9.17, 15) is 14.4 Å². The van der Waals surface area contributed by atoms with Crippen LogP contribution in [-0.2, 0) is 14.3 Å². The second kappa shape index (κ2) is 9.85. The smallest absolute Gasteiger partial charge is 0.413 e. The number of amides is 2. The molecule has 35 heavy (non-hydrogen) atoms. The van der Waals surface area contributed by atoms with Gasteiger partial charge >= 0.3 is 12.1 Å². The van der Waals surface area contributed by atoms with Gasteiger partial charge in [0.1, 0.15) is 12.3 Å². The fourth-order valence-corrected chi connectivity index (χ4v) is 5.21. The highest BCUT2D eigenvalue weighted by atomic mass is 32.1. The number of carboxylic acid groups (broad SMARTS) is 1. The molecule has 1 unspecified atom stereocenters. The van der Waals surface area contributed by atoms with Crippen molar-refractivity contribution < 1.29 is 29.0 Å². The number of hydrogen-bond donors (Lipinski definition) is 2. The lowest BCUT2D eigenvalue weighted by atomic mass is 9.98. The molecule has 2 heterocycles. The lowest BCUT2D eigenvalue weighted by Gasteiger charge is -2.31. The van der Waals surface area contributed by atoms with Gasteiger partial charge in [0.15, 0.2) is 5.13 Å². The molecule has 1 aromatic heterocycles. The monoisotopic (exact) mass is 493 g/mol. The number of carboxylic acids is 1. The standard InChI is InChI=1S/C25H23N3O6S/c29-22(30)11-15-12-28(9-10-33-15)23(31)21-14-35-24(26-21)27-25(32)34-13-20-18-7-3-1-5-16(18)17-6-2-4-8-19(17)20/h1-8,14-15,20H,9-13H2,(H,29,30)(H,26,27,32). The maximum atomic E-state index is 12.8. The van der Waals surface area contributed by atoms with Gasteiger partial charge in [-0.1, -0.05) is 48.5 Å².